The van der Waals surface area contributed by atoms with E-state index < -0.39 is 11.7 Å². The number of hydrogen-bond donors (Lipinski definition) is 1. The van der Waals surface area contributed by atoms with Crippen molar-refractivity contribution in [1.82, 2.24) is 0 Å². The number of aliphatic hydroxyl groups excluding tert-OH is 1. The van der Waals surface area contributed by atoms with Gasteiger partial charge in [-0.1, -0.05) is 43.9 Å². The first-order valence-corrected chi connectivity index (χ1v) is 8.33. The molecular formula is C18H26O3. The summed E-state index contributed by atoms with van der Waals surface area (Å²) in [4.78, 5) is 0. The van der Waals surface area contributed by atoms with Crippen LogP contribution < -0.4 is 4.74 Å². The maximum absolute atomic E-state index is 11.1. The second-order valence-electron chi connectivity index (χ2n) is 6.25. The zero-order valence-electron chi connectivity index (χ0n) is 12.9. The first-order chi connectivity index (χ1) is 10.3. The molecule has 0 saturated heterocycles. The van der Waals surface area contributed by atoms with Gasteiger partial charge in [-0.15, -0.1) is 0 Å². The number of fused-ring (bicyclic) bond motifs is 1. The van der Waals surface area contributed by atoms with Gasteiger partial charge < -0.3 is 14.6 Å². The number of ether oxygens (including phenoxy) is 2. The second kappa shape index (κ2) is 6.37. The quantitative estimate of drug-likeness (QED) is 0.858. The predicted molar refractivity (Wildman–Crippen MR) is 82.7 cm³/mol. The van der Waals surface area contributed by atoms with Crippen LogP contribution in [0, 0.1) is 0 Å². The minimum absolute atomic E-state index is 0.438. The van der Waals surface area contributed by atoms with Crippen LogP contribution in [0.2, 0.25) is 0 Å². The van der Waals surface area contributed by atoms with Gasteiger partial charge in [-0.05, 0) is 25.3 Å². The summed E-state index contributed by atoms with van der Waals surface area (Å²) < 4.78 is 11.9. The van der Waals surface area contributed by atoms with Crippen LogP contribution in [-0.2, 0) is 11.2 Å². The van der Waals surface area contributed by atoms with Crippen molar-refractivity contribution in [2.24, 2.45) is 0 Å². The molecule has 0 bridgehead atoms. The first-order valence-electron chi connectivity index (χ1n) is 8.33. The number of rotatable bonds is 4. The zero-order valence-corrected chi connectivity index (χ0v) is 12.9. The zero-order chi connectivity index (χ0) is 14.7. The van der Waals surface area contributed by atoms with E-state index in [0.717, 1.165) is 50.0 Å². The molecule has 2 aliphatic rings. The van der Waals surface area contributed by atoms with Crippen molar-refractivity contribution in [3.05, 3.63) is 29.3 Å². The highest BCUT2D eigenvalue weighted by Crippen LogP contribution is 2.44. The maximum atomic E-state index is 11.1. The molecule has 0 spiro atoms. The van der Waals surface area contributed by atoms with Gasteiger partial charge in [-0.3, -0.25) is 0 Å². The fourth-order valence-electron chi connectivity index (χ4n) is 3.85. The lowest BCUT2D eigenvalue weighted by Gasteiger charge is -2.38. The standard InChI is InChI=1S/C18H26O3/c1-2-21-18(11-5-3-4-6-12-18)17(19)15-9-7-8-14-10-13-20-16(14)15/h7-9,17,19H,2-6,10-13H2,1H3. The summed E-state index contributed by atoms with van der Waals surface area (Å²) in [6, 6.07) is 6.13. The highest BCUT2D eigenvalue weighted by Gasteiger charge is 2.41. The van der Waals surface area contributed by atoms with Crippen LogP contribution in [0.5, 0.6) is 5.75 Å². The molecule has 1 aromatic rings. The molecule has 1 atom stereocenters. The fraction of sp³-hybridized carbons (Fsp3) is 0.667. The van der Waals surface area contributed by atoms with Crippen LogP contribution in [0.1, 0.15) is 62.7 Å². The van der Waals surface area contributed by atoms with Crippen LogP contribution in [0.15, 0.2) is 18.2 Å². The molecule has 3 nitrogen and oxygen atoms in total. The Labute approximate surface area is 127 Å². The van der Waals surface area contributed by atoms with Gasteiger partial charge >= 0.3 is 0 Å². The van der Waals surface area contributed by atoms with Crippen molar-refractivity contribution >= 4 is 0 Å². The molecule has 1 N–H and O–H groups in total. The third-order valence-corrected chi connectivity index (χ3v) is 4.92. The van der Waals surface area contributed by atoms with Gasteiger partial charge in [0.2, 0.25) is 0 Å². The minimum Gasteiger partial charge on any atom is -0.493 e. The van der Waals surface area contributed by atoms with Crippen LogP contribution in [0.25, 0.3) is 0 Å². The van der Waals surface area contributed by atoms with E-state index in [1.54, 1.807) is 0 Å². The largest absolute Gasteiger partial charge is 0.493 e. The highest BCUT2D eigenvalue weighted by atomic mass is 16.5. The Kier molecular flexibility index (Phi) is 4.51. The van der Waals surface area contributed by atoms with Crippen molar-refractivity contribution in [2.75, 3.05) is 13.2 Å². The molecule has 3 heteroatoms. The predicted octanol–water partition coefficient (Wildman–Crippen LogP) is 3.78. The molecule has 1 fully saturated rings. The number of para-hydroxylation sites is 1. The lowest BCUT2D eigenvalue weighted by Crippen LogP contribution is -2.39. The lowest BCUT2D eigenvalue weighted by atomic mass is 9.83. The lowest BCUT2D eigenvalue weighted by molar-refractivity contribution is -0.131. The van der Waals surface area contributed by atoms with E-state index in [-0.39, 0.29) is 0 Å². The maximum Gasteiger partial charge on any atom is 0.128 e. The van der Waals surface area contributed by atoms with Gasteiger partial charge in [0.25, 0.3) is 0 Å². The van der Waals surface area contributed by atoms with E-state index in [2.05, 4.69) is 6.07 Å². The molecule has 3 rings (SSSR count). The Balaban J connectivity index is 1.94. The number of benzene rings is 1. The minimum atomic E-state index is -0.594. The van der Waals surface area contributed by atoms with E-state index in [1.807, 2.05) is 19.1 Å². The van der Waals surface area contributed by atoms with Gasteiger partial charge in [-0.25, -0.2) is 0 Å². The average molecular weight is 290 g/mol. The van der Waals surface area contributed by atoms with Gasteiger partial charge in [0.05, 0.1) is 12.2 Å². The Morgan fingerprint density at radius 1 is 1.24 bits per heavy atom. The molecule has 0 amide bonds. The van der Waals surface area contributed by atoms with Crippen molar-refractivity contribution < 1.29 is 14.6 Å². The molecule has 1 aliphatic heterocycles. The molecule has 1 aliphatic carbocycles. The summed E-state index contributed by atoms with van der Waals surface area (Å²) in [6.07, 6.45) is 6.97. The molecule has 116 valence electrons. The summed E-state index contributed by atoms with van der Waals surface area (Å²) in [5.74, 6) is 0.897. The molecule has 0 aromatic heterocycles. The van der Waals surface area contributed by atoms with Gasteiger partial charge in [0, 0.05) is 18.6 Å². The van der Waals surface area contributed by atoms with E-state index in [4.69, 9.17) is 9.47 Å². The normalized spacial score (nSPS) is 22.2. The summed E-state index contributed by atoms with van der Waals surface area (Å²) in [7, 11) is 0. The molecule has 1 unspecified atom stereocenters. The Hall–Kier alpha value is -1.06. The topological polar surface area (TPSA) is 38.7 Å². The first kappa shape index (κ1) is 14.9. The Morgan fingerprint density at radius 3 is 2.71 bits per heavy atom. The van der Waals surface area contributed by atoms with E-state index >= 15 is 0 Å². The molecule has 0 radical (unpaired) electrons. The SMILES string of the molecule is CCOC1(C(O)c2cccc3c2OCC3)CCCCCC1. The van der Waals surface area contributed by atoms with Crippen molar-refractivity contribution in [1.29, 1.82) is 0 Å². The van der Waals surface area contributed by atoms with E-state index in [9.17, 15) is 5.11 Å². The molecule has 1 aromatic carbocycles. The van der Waals surface area contributed by atoms with Crippen molar-refractivity contribution in [3.63, 3.8) is 0 Å². The summed E-state index contributed by atoms with van der Waals surface area (Å²) in [5.41, 5.74) is 1.69. The van der Waals surface area contributed by atoms with Crippen LogP contribution in [-0.4, -0.2) is 23.9 Å². The summed E-state index contributed by atoms with van der Waals surface area (Å²) in [6.45, 7) is 3.39. The van der Waals surface area contributed by atoms with E-state index in [0.29, 0.717) is 6.61 Å². The van der Waals surface area contributed by atoms with Gasteiger partial charge in [0.15, 0.2) is 0 Å². The molecule has 1 saturated carbocycles. The smallest absolute Gasteiger partial charge is 0.128 e. The Bertz CT molecular complexity index is 475. The number of hydrogen-bond acceptors (Lipinski definition) is 3. The third-order valence-electron chi connectivity index (χ3n) is 4.92. The Morgan fingerprint density at radius 2 is 2.00 bits per heavy atom. The highest BCUT2D eigenvalue weighted by molar-refractivity contribution is 5.46. The second-order valence-corrected chi connectivity index (χ2v) is 6.25. The summed E-state index contributed by atoms with van der Waals surface area (Å²) in [5, 5.41) is 11.1. The van der Waals surface area contributed by atoms with E-state index in [1.165, 1.54) is 18.4 Å². The van der Waals surface area contributed by atoms with Gasteiger partial charge in [0.1, 0.15) is 11.9 Å². The van der Waals surface area contributed by atoms with Gasteiger partial charge in [-0.2, -0.15) is 0 Å². The van der Waals surface area contributed by atoms with Crippen LogP contribution in [0.3, 0.4) is 0 Å². The fourth-order valence-corrected chi connectivity index (χ4v) is 3.85. The third kappa shape index (κ3) is 2.82. The molecule has 1 heterocycles. The monoisotopic (exact) mass is 290 g/mol. The number of aliphatic hydroxyl groups is 1. The molecular weight excluding hydrogens is 264 g/mol. The van der Waals surface area contributed by atoms with Crippen molar-refractivity contribution in [2.45, 2.75) is 63.6 Å². The molecule has 21 heavy (non-hydrogen) atoms. The van der Waals surface area contributed by atoms with Crippen LogP contribution >= 0.6 is 0 Å². The summed E-state index contributed by atoms with van der Waals surface area (Å²) >= 11 is 0. The van der Waals surface area contributed by atoms with Crippen LogP contribution in [0.4, 0.5) is 0 Å². The average Bonchev–Trinajstić information content (AvgIpc) is 2.86. The van der Waals surface area contributed by atoms with Crippen molar-refractivity contribution in [3.8, 4) is 5.75 Å².